The summed E-state index contributed by atoms with van der Waals surface area (Å²) < 4.78 is 1.70. The Morgan fingerprint density at radius 1 is 1.11 bits per heavy atom. The molecule has 0 aliphatic heterocycles. The molecule has 0 unspecified atom stereocenters. The first-order chi connectivity index (χ1) is 12.7. The van der Waals surface area contributed by atoms with Crippen molar-refractivity contribution in [2.24, 2.45) is 7.05 Å². The highest BCUT2D eigenvalue weighted by atomic mass is 16.2. The number of amides is 2. The molecule has 6 heteroatoms. The van der Waals surface area contributed by atoms with Gasteiger partial charge < -0.3 is 10.6 Å². The van der Waals surface area contributed by atoms with E-state index in [1.165, 1.54) is 0 Å². The van der Waals surface area contributed by atoms with Gasteiger partial charge in [-0.2, -0.15) is 5.10 Å². The Bertz CT molecular complexity index is 892. The molecular formula is C21H28N4O2. The Morgan fingerprint density at radius 3 is 2.37 bits per heavy atom. The van der Waals surface area contributed by atoms with Crippen LogP contribution in [-0.4, -0.2) is 27.1 Å². The lowest BCUT2D eigenvalue weighted by molar-refractivity contribution is -0.122. The van der Waals surface area contributed by atoms with Crippen LogP contribution in [0.25, 0.3) is 0 Å². The van der Waals surface area contributed by atoms with Crippen LogP contribution in [-0.2, 0) is 11.8 Å². The second kappa shape index (κ2) is 7.18. The van der Waals surface area contributed by atoms with Gasteiger partial charge in [0.2, 0.25) is 5.91 Å². The van der Waals surface area contributed by atoms with Gasteiger partial charge >= 0.3 is 0 Å². The number of benzene rings is 1. The average molecular weight is 368 g/mol. The van der Waals surface area contributed by atoms with Crippen LogP contribution in [0.1, 0.15) is 58.6 Å². The fourth-order valence-electron chi connectivity index (χ4n) is 3.90. The number of carbonyl (C=O) groups excluding carboxylic acids is 2. The Kier molecular flexibility index (Phi) is 5.09. The Balaban J connectivity index is 1.86. The molecule has 0 atom stereocenters. The van der Waals surface area contributed by atoms with Crippen molar-refractivity contribution in [2.75, 3.05) is 5.32 Å². The largest absolute Gasteiger partial charge is 0.337 e. The minimum absolute atomic E-state index is 0.138. The van der Waals surface area contributed by atoms with Crippen LogP contribution in [0.4, 0.5) is 5.69 Å². The van der Waals surface area contributed by atoms with Crippen molar-refractivity contribution in [3.8, 4) is 0 Å². The van der Waals surface area contributed by atoms with E-state index in [2.05, 4.69) is 15.7 Å². The number of nitrogens with zero attached hydrogens (tertiary/aromatic N) is 2. The fourth-order valence-corrected chi connectivity index (χ4v) is 3.90. The SMILES string of the molecule is Cc1cccc(NC(=O)C2(NC(=O)c3c(C)nn(C)c3C)CCCC2)c1C. The molecule has 0 spiro atoms. The molecule has 27 heavy (non-hydrogen) atoms. The highest BCUT2D eigenvalue weighted by Gasteiger charge is 2.43. The van der Waals surface area contributed by atoms with Crippen molar-refractivity contribution >= 4 is 17.5 Å². The topological polar surface area (TPSA) is 76.0 Å². The summed E-state index contributed by atoms with van der Waals surface area (Å²) in [6.07, 6.45) is 3.14. The maximum absolute atomic E-state index is 13.2. The van der Waals surface area contributed by atoms with Gasteiger partial charge in [-0.05, 0) is 57.7 Å². The van der Waals surface area contributed by atoms with Gasteiger partial charge in [0.25, 0.3) is 5.91 Å². The van der Waals surface area contributed by atoms with Crippen LogP contribution >= 0.6 is 0 Å². The number of carbonyl (C=O) groups is 2. The molecule has 2 amide bonds. The van der Waals surface area contributed by atoms with Gasteiger partial charge in [0, 0.05) is 18.4 Å². The van der Waals surface area contributed by atoms with Gasteiger partial charge in [0.05, 0.1) is 11.3 Å². The van der Waals surface area contributed by atoms with E-state index in [0.29, 0.717) is 24.1 Å². The normalized spacial score (nSPS) is 15.6. The predicted molar refractivity (Wildman–Crippen MR) is 106 cm³/mol. The summed E-state index contributed by atoms with van der Waals surface area (Å²) in [4.78, 5) is 26.2. The standard InChI is InChI=1S/C21H28N4O2/c1-13-9-8-10-17(14(13)2)22-20(27)21(11-6-7-12-21)23-19(26)18-15(3)24-25(5)16(18)4/h8-10H,6-7,11-12H2,1-5H3,(H,22,27)(H,23,26). The third-order valence-corrected chi connectivity index (χ3v) is 5.83. The van der Waals surface area contributed by atoms with Crippen LogP contribution in [0.3, 0.4) is 0 Å². The van der Waals surface area contributed by atoms with Crippen LogP contribution < -0.4 is 10.6 Å². The van der Waals surface area contributed by atoms with Gasteiger partial charge in [-0.3, -0.25) is 14.3 Å². The molecule has 6 nitrogen and oxygen atoms in total. The lowest BCUT2D eigenvalue weighted by atomic mass is 9.94. The summed E-state index contributed by atoms with van der Waals surface area (Å²) in [5.74, 6) is -0.364. The molecule has 1 heterocycles. The van der Waals surface area contributed by atoms with Crippen molar-refractivity contribution in [3.05, 3.63) is 46.3 Å². The van der Waals surface area contributed by atoms with E-state index in [-0.39, 0.29) is 11.8 Å². The van der Waals surface area contributed by atoms with E-state index >= 15 is 0 Å². The fraction of sp³-hybridized carbons (Fsp3) is 0.476. The molecular weight excluding hydrogens is 340 g/mol. The third kappa shape index (κ3) is 3.48. The summed E-state index contributed by atoms with van der Waals surface area (Å²) in [6, 6.07) is 5.85. The summed E-state index contributed by atoms with van der Waals surface area (Å²) in [7, 11) is 1.82. The van der Waals surface area contributed by atoms with Crippen molar-refractivity contribution in [1.29, 1.82) is 0 Å². The summed E-state index contributed by atoms with van der Waals surface area (Å²) in [6.45, 7) is 7.70. The minimum atomic E-state index is -0.873. The van der Waals surface area contributed by atoms with Crippen LogP contribution in [0, 0.1) is 27.7 Å². The first-order valence-corrected chi connectivity index (χ1v) is 9.45. The number of aryl methyl sites for hydroxylation is 3. The molecule has 0 radical (unpaired) electrons. The number of rotatable bonds is 4. The monoisotopic (exact) mass is 368 g/mol. The van der Waals surface area contributed by atoms with Crippen LogP contribution in [0.5, 0.6) is 0 Å². The minimum Gasteiger partial charge on any atom is -0.337 e. The number of nitrogens with one attached hydrogen (secondary N) is 2. The Morgan fingerprint density at radius 2 is 1.78 bits per heavy atom. The number of anilines is 1. The molecule has 2 N–H and O–H groups in total. The van der Waals surface area contributed by atoms with E-state index in [1.54, 1.807) is 4.68 Å². The van der Waals surface area contributed by atoms with E-state index < -0.39 is 5.54 Å². The lowest BCUT2D eigenvalue weighted by Gasteiger charge is -2.29. The molecule has 1 aromatic carbocycles. The molecule has 1 fully saturated rings. The van der Waals surface area contributed by atoms with Crippen molar-refractivity contribution < 1.29 is 9.59 Å². The molecule has 1 aromatic heterocycles. The smallest absolute Gasteiger partial charge is 0.255 e. The van der Waals surface area contributed by atoms with Crippen LogP contribution in [0.2, 0.25) is 0 Å². The van der Waals surface area contributed by atoms with Gasteiger partial charge in [-0.25, -0.2) is 0 Å². The lowest BCUT2D eigenvalue weighted by Crippen LogP contribution is -2.55. The van der Waals surface area contributed by atoms with Crippen molar-refractivity contribution in [2.45, 2.75) is 58.9 Å². The molecule has 1 aliphatic rings. The number of hydrogen-bond acceptors (Lipinski definition) is 3. The van der Waals surface area contributed by atoms with Gasteiger partial charge in [-0.15, -0.1) is 0 Å². The first-order valence-electron chi connectivity index (χ1n) is 9.45. The molecule has 0 saturated heterocycles. The zero-order valence-corrected chi connectivity index (χ0v) is 16.8. The van der Waals surface area contributed by atoms with Gasteiger partial charge in [0.15, 0.2) is 0 Å². The Hall–Kier alpha value is -2.63. The van der Waals surface area contributed by atoms with Crippen LogP contribution in [0.15, 0.2) is 18.2 Å². The molecule has 144 valence electrons. The zero-order chi connectivity index (χ0) is 19.8. The van der Waals surface area contributed by atoms with Gasteiger partial charge in [-0.1, -0.05) is 25.0 Å². The first kappa shape index (κ1) is 19.1. The summed E-state index contributed by atoms with van der Waals surface area (Å²) in [5, 5.41) is 10.4. The highest BCUT2D eigenvalue weighted by molar-refractivity contribution is 6.05. The highest BCUT2D eigenvalue weighted by Crippen LogP contribution is 2.32. The molecule has 1 aliphatic carbocycles. The van der Waals surface area contributed by atoms with E-state index in [4.69, 9.17) is 0 Å². The van der Waals surface area contributed by atoms with Gasteiger partial charge in [0.1, 0.15) is 5.54 Å². The Labute approximate surface area is 160 Å². The average Bonchev–Trinajstić information content (AvgIpc) is 3.17. The maximum Gasteiger partial charge on any atom is 0.255 e. The summed E-state index contributed by atoms with van der Waals surface area (Å²) in [5.41, 5.74) is 4.13. The van der Waals surface area contributed by atoms with E-state index in [9.17, 15) is 9.59 Å². The molecule has 1 saturated carbocycles. The number of hydrogen-bond donors (Lipinski definition) is 2. The second-order valence-corrected chi connectivity index (χ2v) is 7.61. The molecule has 0 bridgehead atoms. The predicted octanol–water partition coefficient (Wildman–Crippen LogP) is 3.34. The second-order valence-electron chi connectivity index (χ2n) is 7.61. The van der Waals surface area contributed by atoms with Crippen molar-refractivity contribution in [1.82, 2.24) is 15.1 Å². The number of aromatic nitrogens is 2. The molecule has 3 rings (SSSR count). The molecule has 2 aromatic rings. The van der Waals surface area contributed by atoms with E-state index in [0.717, 1.165) is 35.3 Å². The maximum atomic E-state index is 13.2. The zero-order valence-electron chi connectivity index (χ0n) is 16.8. The third-order valence-electron chi connectivity index (χ3n) is 5.83. The summed E-state index contributed by atoms with van der Waals surface area (Å²) >= 11 is 0. The quantitative estimate of drug-likeness (QED) is 0.869. The van der Waals surface area contributed by atoms with E-state index in [1.807, 2.05) is 52.9 Å². The van der Waals surface area contributed by atoms with Crippen molar-refractivity contribution in [3.63, 3.8) is 0 Å².